The number of aromatic amines is 1. The standard InChI is InChI=1S/C24H19N5/c1-2-8-21-20(7-1)19(15-27-21)16-28-24-13-18(17-6-5-10-25-14-17)12-23(29-24)22-9-3-4-11-26-22/h1-15,27H,16H2,(H,28,29). The molecule has 4 heterocycles. The fourth-order valence-electron chi connectivity index (χ4n) is 3.43. The Kier molecular flexibility index (Phi) is 4.47. The summed E-state index contributed by atoms with van der Waals surface area (Å²) in [4.78, 5) is 16.8. The van der Waals surface area contributed by atoms with Crippen LogP contribution >= 0.6 is 0 Å². The van der Waals surface area contributed by atoms with Crippen LogP contribution in [0.25, 0.3) is 33.4 Å². The first-order valence-corrected chi connectivity index (χ1v) is 9.49. The monoisotopic (exact) mass is 377 g/mol. The van der Waals surface area contributed by atoms with E-state index in [1.807, 2.05) is 48.8 Å². The number of para-hydroxylation sites is 1. The first-order valence-electron chi connectivity index (χ1n) is 9.49. The van der Waals surface area contributed by atoms with Crippen LogP contribution in [0.15, 0.2) is 91.5 Å². The van der Waals surface area contributed by atoms with E-state index < -0.39 is 0 Å². The number of fused-ring (bicyclic) bond motifs is 1. The van der Waals surface area contributed by atoms with Gasteiger partial charge in [-0.25, -0.2) is 4.98 Å². The molecular formula is C24H19N5. The summed E-state index contributed by atoms with van der Waals surface area (Å²) < 4.78 is 0. The molecule has 5 aromatic rings. The van der Waals surface area contributed by atoms with Gasteiger partial charge in [0.15, 0.2) is 0 Å². The minimum absolute atomic E-state index is 0.676. The summed E-state index contributed by atoms with van der Waals surface area (Å²) in [5.74, 6) is 0.803. The third-order valence-corrected chi connectivity index (χ3v) is 4.88. The van der Waals surface area contributed by atoms with E-state index in [-0.39, 0.29) is 0 Å². The van der Waals surface area contributed by atoms with Crippen molar-refractivity contribution in [3.8, 4) is 22.5 Å². The van der Waals surface area contributed by atoms with Gasteiger partial charge >= 0.3 is 0 Å². The lowest BCUT2D eigenvalue weighted by Crippen LogP contribution is -2.02. The largest absolute Gasteiger partial charge is 0.366 e. The number of anilines is 1. The highest BCUT2D eigenvalue weighted by molar-refractivity contribution is 5.83. The number of hydrogen-bond acceptors (Lipinski definition) is 4. The van der Waals surface area contributed by atoms with Crippen LogP contribution in [0.2, 0.25) is 0 Å². The minimum Gasteiger partial charge on any atom is -0.366 e. The van der Waals surface area contributed by atoms with E-state index >= 15 is 0 Å². The van der Waals surface area contributed by atoms with Crippen molar-refractivity contribution in [2.75, 3.05) is 5.32 Å². The zero-order valence-corrected chi connectivity index (χ0v) is 15.7. The maximum atomic E-state index is 4.80. The molecule has 0 aliphatic carbocycles. The van der Waals surface area contributed by atoms with Crippen LogP contribution in [0, 0.1) is 0 Å². The molecule has 0 unspecified atom stereocenters. The normalized spacial score (nSPS) is 10.9. The second-order valence-electron chi connectivity index (χ2n) is 6.80. The van der Waals surface area contributed by atoms with Gasteiger partial charge in [0.25, 0.3) is 0 Å². The Morgan fingerprint density at radius 3 is 2.62 bits per heavy atom. The van der Waals surface area contributed by atoms with E-state index in [1.54, 1.807) is 12.4 Å². The Labute approximate surface area is 168 Å². The van der Waals surface area contributed by atoms with Crippen molar-refractivity contribution in [1.82, 2.24) is 19.9 Å². The number of pyridine rings is 3. The van der Waals surface area contributed by atoms with Crippen LogP contribution in [-0.2, 0) is 6.54 Å². The zero-order chi connectivity index (χ0) is 19.5. The van der Waals surface area contributed by atoms with Crippen LogP contribution in [0.3, 0.4) is 0 Å². The van der Waals surface area contributed by atoms with Crippen molar-refractivity contribution in [2.24, 2.45) is 0 Å². The molecule has 0 aliphatic rings. The van der Waals surface area contributed by atoms with Crippen molar-refractivity contribution in [3.05, 3.63) is 97.1 Å². The first kappa shape index (κ1) is 17.1. The molecule has 0 aliphatic heterocycles. The number of rotatable bonds is 5. The number of H-pyrrole nitrogens is 1. The molecule has 0 radical (unpaired) electrons. The number of nitrogens with one attached hydrogen (secondary N) is 2. The number of aromatic nitrogens is 4. The number of hydrogen-bond donors (Lipinski definition) is 2. The summed E-state index contributed by atoms with van der Waals surface area (Å²) in [7, 11) is 0. The van der Waals surface area contributed by atoms with Gasteiger partial charge in [-0.3, -0.25) is 9.97 Å². The summed E-state index contributed by atoms with van der Waals surface area (Å²) in [6, 6.07) is 22.2. The van der Waals surface area contributed by atoms with Crippen LogP contribution in [-0.4, -0.2) is 19.9 Å². The molecular weight excluding hydrogens is 358 g/mol. The van der Waals surface area contributed by atoms with Crippen LogP contribution in [0.1, 0.15) is 5.56 Å². The van der Waals surface area contributed by atoms with E-state index in [4.69, 9.17) is 4.98 Å². The average Bonchev–Trinajstić information content (AvgIpc) is 3.22. The van der Waals surface area contributed by atoms with Crippen LogP contribution < -0.4 is 5.32 Å². The Morgan fingerprint density at radius 1 is 0.828 bits per heavy atom. The molecule has 0 spiro atoms. The molecule has 0 amide bonds. The molecule has 0 bridgehead atoms. The molecule has 2 N–H and O–H groups in total. The highest BCUT2D eigenvalue weighted by Gasteiger charge is 2.09. The smallest absolute Gasteiger partial charge is 0.127 e. The SMILES string of the molecule is c1ccc(-c2cc(-c3cccnc3)cc(NCc3c[nH]c4ccccc34)n2)nc1. The predicted octanol–water partition coefficient (Wildman–Crippen LogP) is 5.30. The van der Waals surface area contributed by atoms with Gasteiger partial charge in [0.05, 0.1) is 11.4 Å². The molecule has 140 valence electrons. The van der Waals surface area contributed by atoms with Crippen molar-refractivity contribution in [1.29, 1.82) is 0 Å². The predicted molar refractivity (Wildman–Crippen MR) is 116 cm³/mol. The zero-order valence-electron chi connectivity index (χ0n) is 15.7. The fraction of sp³-hybridized carbons (Fsp3) is 0.0417. The molecule has 5 rings (SSSR count). The molecule has 0 saturated heterocycles. The van der Waals surface area contributed by atoms with Gasteiger partial charge in [0.2, 0.25) is 0 Å². The lowest BCUT2D eigenvalue weighted by Gasteiger charge is -2.11. The summed E-state index contributed by atoms with van der Waals surface area (Å²) in [6.07, 6.45) is 7.47. The summed E-state index contributed by atoms with van der Waals surface area (Å²) in [5, 5.41) is 4.70. The summed E-state index contributed by atoms with van der Waals surface area (Å²) in [6.45, 7) is 0.676. The molecule has 0 atom stereocenters. The Bertz CT molecular complexity index is 1190. The summed E-state index contributed by atoms with van der Waals surface area (Å²) in [5.41, 5.74) is 6.10. The number of benzene rings is 1. The van der Waals surface area contributed by atoms with Gasteiger partial charge < -0.3 is 10.3 Å². The number of nitrogens with zero attached hydrogens (tertiary/aromatic N) is 3. The lowest BCUT2D eigenvalue weighted by atomic mass is 10.1. The molecule has 0 saturated carbocycles. The van der Waals surface area contributed by atoms with E-state index in [1.165, 1.54) is 10.9 Å². The second kappa shape index (κ2) is 7.56. The van der Waals surface area contributed by atoms with Gasteiger partial charge in [-0.1, -0.05) is 30.3 Å². The minimum atomic E-state index is 0.676. The molecule has 5 heteroatoms. The second-order valence-corrected chi connectivity index (χ2v) is 6.80. The van der Waals surface area contributed by atoms with E-state index in [9.17, 15) is 0 Å². The quantitative estimate of drug-likeness (QED) is 0.436. The molecule has 29 heavy (non-hydrogen) atoms. The first-order chi connectivity index (χ1) is 14.4. The third-order valence-electron chi connectivity index (χ3n) is 4.88. The summed E-state index contributed by atoms with van der Waals surface area (Å²) >= 11 is 0. The fourth-order valence-corrected chi connectivity index (χ4v) is 3.43. The van der Waals surface area contributed by atoms with Crippen molar-refractivity contribution in [2.45, 2.75) is 6.54 Å². The van der Waals surface area contributed by atoms with Crippen LogP contribution in [0.5, 0.6) is 0 Å². The van der Waals surface area contributed by atoms with Crippen molar-refractivity contribution < 1.29 is 0 Å². The van der Waals surface area contributed by atoms with Gasteiger partial charge in [-0.05, 0) is 47.5 Å². The van der Waals surface area contributed by atoms with Crippen molar-refractivity contribution >= 4 is 16.7 Å². The Morgan fingerprint density at radius 2 is 1.76 bits per heavy atom. The van der Waals surface area contributed by atoms with E-state index in [0.29, 0.717) is 6.54 Å². The maximum absolute atomic E-state index is 4.80. The Balaban J connectivity index is 1.51. The third kappa shape index (κ3) is 3.58. The lowest BCUT2D eigenvalue weighted by molar-refractivity contribution is 1.12. The van der Waals surface area contributed by atoms with Crippen molar-refractivity contribution in [3.63, 3.8) is 0 Å². The highest BCUT2D eigenvalue weighted by atomic mass is 15.0. The maximum Gasteiger partial charge on any atom is 0.127 e. The van der Waals surface area contributed by atoms with E-state index in [2.05, 4.69) is 50.6 Å². The molecule has 4 aromatic heterocycles. The van der Waals surface area contributed by atoms with Gasteiger partial charge in [0.1, 0.15) is 5.82 Å². The van der Waals surface area contributed by atoms with E-state index in [0.717, 1.165) is 33.8 Å². The average molecular weight is 377 g/mol. The molecule has 1 aromatic carbocycles. The van der Waals surface area contributed by atoms with Gasteiger partial charge in [-0.15, -0.1) is 0 Å². The topological polar surface area (TPSA) is 66.5 Å². The highest BCUT2D eigenvalue weighted by Crippen LogP contribution is 2.27. The van der Waals surface area contributed by atoms with Crippen LogP contribution in [0.4, 0.5) is 5.82 Å². The Hall–Kier alpha value is -3.99. The molecule has 5 nitrogen and oxygen atoms in total. The van der Waals surface area contributed by atoms with Gasteiger partial charge in [-0.2, -0.15) is 0 Å². The van der Waals surface area contributed by atoms with Gasteiger partial charge in [0, 0.05) is 47.8 Å². The molecule has 0 fully saturated rings.